The van der Waals surface area contributed by atoms with Crippen LogP contribution < -0.4 is 11.3 Å². The summed E-state index contributed by atoms with van der Waals surface area (Å²) in [5, 5.41) is 0. The number of anilines is 1. The number of nitrogens with zero attached hydrogens (tertiary/aromatic N) is 2. The third-order valence-electron chi connectivity index (χ3n) is 3.43. The van der Waals surface area contributed by atoms with Gasteiger partial charge in [0, 0.05) is 12.6 Å². The Balaban J connectivity index is 2.31. The maximum atomic E-state index is 14.0. The van der Waals surface area contributed by atoms with Crippen molar-refractivity contribution in [1.82, 2.24) is 9.36 Å². The van der Waals surface area contributed by atoms with E-state index in [0.29, 0.717) is 5.69 Å². The van der Waals surface area contributed by atoms with Gasteiger partial charge in [-0.05, 0) is 12.1 Å². The molecule has 21 heavy (non-hydrogen) atoms. The smallest absolute Gasteiger partial charge is 0.295 e. The summed E-state index contributed by atoms with van der Waals surface area (Å²) in [5.41, 5.74) is 7.18. The van der Waals surface area contributed by atoms with Crippen LogP contribution in [0.1, 0.15) is 0 Å². The quantitative estimate of drug-likeness (QED) is 0.786. The van der Waals surface area contributed by atoms with E-state index in [4.69, 9.17) is 5.73 Å². The molecule has 1 aromatic heterocycles. The number of nitrogens with two attached hydrogens (primary N) is 1. The van der Waals surface area contributed by atoms with Crippen LogP contribution in [0.2, 0.25) is 0 Å². The highest BCUT2D eigenvalue weighted by atomic mass is 19.1. The standard InChI is InChI=1S/C16H14FN3O/c1-19-15(11-7-3-2-4-8-11)14(18)16(21)20(19)13-10-6-5-9-12(13)17/h2-10H,18H2,1H3. The second-order valence-electron chi connectivity index (χ2n) is 4.72. The van der Waals surface area contributed by atoms with Gasteiger partial charge in [-0.15, -0.1) is 0 Å². The minimum atomic E-state index is -0.472. The number of hydrogen-bond donors (Lipinski definition) is 1. The molecule has 0 saturated heterocycles. The van der Waals surface area contributed by atoms with Crippen molar-refractivity contribution in [3.05, 3.63) is 70.8 Å². The van der Waals surface area contributed by atoms with Crippen LogP contribution in [-0.4, -0.2) is 9.36 Å². The molecule has 5 heteroatoms. The fraction of sp³-hybridized carbons (Fsp3) is 0.0625. The van der Waals surface area contributed by atoms with Crippen LogP contribution in [0.15, 0.2) is 59.4 Å². The molecule has 106 valence electrons. The van der Waals surface area contributed by atoms with Gasteiger partial charge < -0.3 is 5.73 Å². The Bertz CT molecular complexity index is 850. The normalized spacial score (nSPS) is 10.8. The van der Waals surface area contributed by atoms with E-state index in [2.05, 4.69) is 0 Å². The second kappa shape index (κ2) is 4.94. The molecule has 0 fully saturated rings. The van der Waals surface area contributed by atoms with E-state index in [9.17, 15) is 9.18 Å². The molecule has 0 radical (unpaired) electrons. The van der Waals surface area contributed by atoms with E-state index in [-0.39, 0.29) is 11.4 Å². The Hall–Kier alpha value is -2.82. The molecule has 0 aliphatic carbocycles. The molecule has 0 unspecified atom stereocenters. The maximum absolute atomic E-state index is 14.0. The first-order chi connectivity index (χ1) is 10.1. The predicted molar refractivity (Wildman–Crippen MR) is 80.8 cm³/mol. The van der Waals surface area contributed by atoms with Crippen LogP contribution in [0, 0.1) is 5.82 Å². The lowest BCUT2D eigenvalue weighted by molar-refractivity contribution is 0.578. The summed E-state index contributed by atoms with van der Waals surface area (Å²) in [6, 6.07) is 15.4. The summed E-state index contributed by atoms with van der Waals surface area (Å²) in [5.74, 6) is -0.472. The molecule has 0 saturated carbocycles. The average Bonchev–Trinajstić information content (AvgIpc) is 2.71. The van der Waals surface area contributed by atoms with E-state index < -0.39 is 11.4 Å². The van der Waals surface area contributed by atoms with Crippen LogP contribution in [0.5, 0.6) is 0 Å². The Morgan fingerprint density at radius 1 is 1.00 bits per heavy atom. The molecule has 2 N–H and O–H groups in total. The molecule has 1 heterocycles. The molecule has 3 rings (SSSR count). The Labute approximate surface area is 120 Å². The summed E-state index contributed by atoms with van der Waals surface area (Å²) in [6.45, 7) is 0. The average molecular weight is 283 g/mol. The van der Waals surface area contributed by atoms with Crippen LogP contribution in [0.25, 0.3) is 16.9 Å². The van der Waals surface area contributed by atoms with E-state index in [1.54, 1.807) is 29.9 Å². The second-order valence-corrected chi connectivity index (χ2v) is 4.72. The van der Waals surface area contributed by atoms with Gasteiger partial charge in [0.15, 0.2) is 0 Å². The monoisotopic (exact) mass is 283 g/mol. The van der Waals surface area contributed by atoms with Gasteiger partial charge in [-0.1, -0.05) is 42.5 Å². The summed E-state index contributed by atoms with van der Waals surface area (Å²) in [6.07, 6.45) is 0. The van der Waals surface area contributed by atoms with Gasteiger partial charge >= 0.3 is 0 Å². The molecular formula is C16H14FN3O. The van der Waals surface area contributed by atoms with Crippen molar-refractivity contribution in [1.29, 1.82) is 0 Å². The first-order valence-corrected chi connectivity index (χ1v) is 6.49. The van der Waals surface area contributed by atoms with Gasteiger partial charge in [-0.2, -0.15) is 0 Å². The number of nitrogen functional groups attached to an aromatic ring is 1. The van der Waals surface area contributed by atoms with Crippen LogP contribution in [0.4, 0.5) is 10.1 Å². The lowest BCUT2D eigenvalue weighted by Crippen LogP contribution is -2.21. The molecule has 0 amide bonds. The van der Waals surface area contributed by atoms with Gasteiger partial charge in [0.1, 0.15) is 17.2 Å². The van der Waals surface area contributed by atoms with Crippen molar-refractivity contribution < 1.29 is 4.39 Å². The van der Waals surface area contributed by atoms with Crippen molar-refractivity contribution in [2.75, 3.05) is 5.73 Å². The lowest BCUT2D eigenvalue weighted by atomic mass is 10.1. The summed E-state index contributed by atoms with van der Waals surface area (Å²) in [7, 11) is 1.69. The number of rotatable bonds is 2. The largest absolute Gasteiger partial charge is 0.392 e. The Morgan fingerprint density at radius 3 is 2.29 bits per heavy atom. The molecule has 0 atom stereocenters. The zero-order chi connectivity index (χ0) is 15.0. The van der Waals surface area contributed by atoms with E-state index in [1.165, 1.54) is 10.7 Å². The number of aromatic nitrogens is 2. The fourth-order valence-electron chi connectivity index (χ4n) is 2.46. The summed E-state index contributed by atoms with van der Waals surface area (Å²) >= 11 is 0. The van der Waals surface area contributed by atoms with Crippen molar-refractivity contribution >= 4 is 5.69 Å². The van der Waals surface area contributed by atoms with Gasteiger partial charge in [-0.25, -0.2) is 9.07 Å². The fourth-order valence-corrected chi connectivity index (χ4v) is 2.46. The van der Waals surface area contributed by atoms with Crippen molar-refractivity contribution in [3.8, 4) is 16.9 Å². The minimum absolute atomic E-state index is 0.104. The Morgan fingerprint density at radius 2 is 1.62 bits per heavy atom. The number of para-hydroxylation sites is 1. The van der Waals surface area contributed by atoms with Crippen molar-refractivity contribution in [2.24, 2.45) is 7.05 Å². The van der Waals surface area contributed by atoms with Crippen LogP contribution in [-0.2, 0) is 7.05 Å². The van der Waals surface area contributed by atoms with Gasteiger partial charge in [0.2, 0.25) is 0 Å². The third kappa shape index (κ3) is 2.03. The highest BCUT2D eigenvalue weighted by Crippen LogP contribution is 2.25. The Kier molecular flexibility index (Phi) is 3.10. The van der Waals surface area contributed by atoms with E-state index in [1.807, 2.05) is 30.3 Å². The highest BCUT2D eigenvalue weighted by Gasteiger charge is 2.19. The molecule has 0 spiro atoms. The maximum Gasteiger partial charge on any atom is 0.295 e. The number of benzene rings is 2. The third-order valence-corrected chi connectivity index (χ3v) is 3.43. The first kappa shape index (κ1) is 13.2. The zero-order valence-corrected chi connectivity index (χ0v) is 11.5. The highest BCUT2D eigenvalue weighted by molar-refractivity contribution is 5.73. The minimum Gasteiger partial charge on any atom is -0.392 e. The number of halogens is 1. The molecular weight excluding hydrogens is 269 g/mol. The molecule has 0 bridgehead atoms. The van der Waals surface area contributed by atoms with Gasteiger partial charge in [0.25, 0.3) is 5.56 Å². The van der Waals surface area contributed by atoms with Crippen LogP contribution in [0.3, 0.4) is 0 Å². The molecule has 4 nitrogen and oxygen atoms in total. The van der Waals surface area contributed by atoms with E-state index in [0.717, 1.165) is 5.56 Å². The number of hydrogen-bond acceptors (Lipinski definition) is 2. The van der Waals surface area contributed by atoms with Crippen molar-refractivity contribution in [3.63, 3.8) is 0 Å². The van der Waals surface area contributed by atoms with Crippen LogP contribution >= 0.6 is 0 Å². The molecule has 0 aliphatic heterocycles. The zero-order valence-electron chi connectivity index (χ0n) is 11.5. The molecule has 3 aromatic rings. The van der Waals surface area contributed by atoms with Gasteiger partial charge in [0.05, 0.1) is 5.69 Å². The molecule has 0 aliphatic rings. The lowest BCUT2D eigenvalue weighted by Gasteiger charge is -2.10. The van der Waals surface area contributed by atoms with E-state index >= 15 is 0 Å². The van der Waals surface area contributed by atoms with Gasteiger partial charge in [-0.3, -0.25) is 9.48 Å². The molecule has 2 aromatic carbocycles. The SMILES string of the molecule is Cn1c(-c2ccccc2)c(N)c(=O)n1-c1ccccc1F. The topological polar surface area (TPSA) is 52.9 Å². The predicted octanol–water partition coefficient (Wildman–Crippen LogP) is 2.56. The summed E-state index contributed by atoms with van der Waals surface area (Å²) < 4.78 is 16.8. The van der Waals surface area contributed by atoms with Crippen molar-refractivity contribution in [2.45, 2.75) is 0 Å². The first-order valence-electron chi connectivity index (χ1n) is 6.49. The summed E-state index contributed by atoms with van der Waals surface area (Å²) in [4.78, 5) is 12.4.